The molecule has 0 aromatic heterocycles. The fourth-order valence-electron chi connectivity index (χ4n) is 3.94. The minimum Gasteiger partial charge on any atom is -0.497 e. The summed E-state index contributed by atoms with van der Waals surface area (Å²) < 4.78 is 15.6. The first-order chi connectivity index (χ1) is 14.0. The Hall–Kier alpha value is -3.02. The molecular formula is C23H27NO5. The van der Waals surface area contributed by atoms with Gasteiger partial charge in [-0.1, -0.05) is 25.0 Å². The van der Waals surface area contributed by atoms with Gasteiger partial charge in [0.2, 0.25) is 5.91 Å². The van der Waals surface area contributed by atoms with E-state index in [0.29, 0.717) is 11.4 Å². The van der Waals surface area contributed by atoms with Crippen LogP contribution in [0.4, 0.5) is 5.69 Å². The Labute approximate surface area is 171 Å². The SMILES string of the molecule is CCOC(=O)c1cc(NC(=O)C2(c3ccc(OC)cc3)CCCC2)ccc1OC. The molecule has 0 saturated heterocycles. The number of amides is 1. The lowest BCUT2D eigenvalue weighted by atomic mass is 9.78. The molecule has 2 aromatic rings. The average molecular weight is 397 g/mol. The highest BCUT2D eigenvalue weighted by atomic mass is 16.5. The fourth-order valence-corrected chi connectivity index (χ4v) is 3.94. The molecule has 0 spiro atoms. The standard InChI is InChI=1S/C23H27NO5/c1-4-29-21(25)19-15-17(9-12-20(19)28-3)24-22(26)23(13-5-6-14-23)16-7-10-18(27-2)11-8-16/h7-12,15H,4-6,13-14H2,1-3H3,(H,24,26). The second-order valence-corrected chi connectivity index (χ2v) is 7.11. The molecule has 0 aliphatic heterocycles. The van der Waals surface area contributed by atoms with Crippen molar-refractivity contribution in [3.8, 4) is 11.5 Å². The first kappa shape index (κ1) is 20.7. The first-order valence-corrected chi connectivity index (χ1v) is 9.85. The van der Waals surface area contributed by atoms with Crippen molar-refractivity contribution < 1.29 is 23.8 Å². The van der Waals surface area contributed by atoms with Crippen molar-refractivity contribution >= 4 is 17.6 Å². The van der Waals surface area contributed by atoms with Gasteiger partial charge in [0, 0.05) is 5.69 Å². The van der Waals surface area contributed by atoms with E-state index >= 15 is 0 Å². The molecule has 3 rings (SSSR count). The molecule has 29 heavy (non-hydrogen) atoms. The Balaban J connectivity index is 1.88. The maximum Gasteiger partial charge on any atom is 0.341 e. The molecule has 1 saturated carbocycles. The summed E-state index contributed by atoms with van der Waals surface area (Å²) in [6.07, 6.45) is 3.56. The van der Waals surface area contributed by atoms with Gasteiger partial charge in [0.15, 0.2) is 0 Å². The maximum absolute atomic E-state index is 13.4. The Bertz CT molecular complexity index is 869. The predicted octanol–water partition coefficient (Wildman–Crippen LogP) is 4.33. The van der Waals surface area contributed by atoms with Gasteiger partial charge in [0.05, 0.1) is 26.2 Å². The van der Waals surface area contributed by atoms with E-state index in [0.717, 1.165) is 37.0 Å². The molecule has 1 N–H and O–H groups in total. The number of methoxy groups -OCH3 is 2. The smallest absolute Gasteiger partial charge is 0.341 e. The van der Waals surface area contributed by atoms with Crippen molar-refractivity contribution in [1.29, 1.82) is 0 Å². The van der Waals surface area contributed by atoms with Gasteiger partial charge in [-0.2, -0.15) is 0 Å². The van der Waals surface area contributed by atoms with E-state index in [4.69, 9.17) is 14.2 Å². The number of rotatable bonds is 7. The lowest BCUT2D eigenvalue weighted by Gasteiger charge is -2.28. The van der Waals surface area contributed by atoms with E-state index in [-0.39, 0.29) is 18.1 Å². The summed E-state index contributed by atoms with van der Waals surface area (Å²) in [6, 6.07) is 12.7. The van der Waals surface area contributed by atoms with E-state index in [2.05, 4.69) is 5.32 Å². The summed E-state index contributed by atoms with van der Waals surface area (Å²) in [5.41, 5.74) is 1.22. The van der Waals surface area contributed by atoms with Crippen LogP contribution in [-0.4, -0.2) is 32.7 Å². The van der Waals surface area contributed by atoms with Crippen LogP contribution in [0, 0.1) is 0 Å². The van der Waals surface area contributed by atoms with Crippen molar-refractivity contribution in [3.63, 3.8) is 0 Å². The average Bonchev–Trinajstić information content (AvgIpc) is 3.25. The highest BCUT2D eigenvalue weighted by Gasteiger charge is 2.42. The van der Waals surface area contributed by atoms with Gasteiger partial charge in [-0.25, -0.2) is 4.79 Å². The van der Waals surface area contributed by atoms with Crippen molar-refractivity contribution in [2.45, 2.75) is 38.0 Å². The predicted molar refractivity (Wildman–Crippen MR) is 111 cm³/mol. The Morgan fingerprint density at radius 2 is 1.69 bits per heavy atom. The van der Waals surface area contributed by atoms with Crippen LogP contribution in [0.25, 0.3) is 0 Å². The van der Waals surface area contributed by atoms with Gasteiger partial charge in [0.25, 0.3) is 0 Å². The van der Waals surface area contributed by atoms with Crippen molar-refractivity contribution in [1.82, 2.24) is 0 Å². The maximum atomic E-state index is 13.4. The second kappa shape index (κ2) is 8.99. The van der Waals surface area contributed by atoms with E-state index in [1.807, 2.05) is 24.3 Å². The van der Waals surface area contributed by atoms with Crippen molar-refractivity contribution in [2.24, 2.45) is 0 Å². The summed E-state index contributed by atoms with van der Waals surface area (Å²) >= 11 is 0. The molecule has 1 aliphatic rings. The lowest BCUT2D eigenvalue weighted by Crippen LogP contribution is -2.38. The number of carbonyl (C=O) groups is 2. The molecule has 1 aliphatic carbocycles. The molecule has 154 valence electrons. The van der Waals surface area contributed by atoms with Crippen LogP contribution >= 0.6 is 0 Å². The number of nitrogens with one attached hydrogen (secondary N) is 1. The van der Waals surface area contributed by atoms with Crippen LogP contribution in [0.3, 0.4) is 0 Å². The molecule has 1 fully saturated rings. The molecule has 6 heteroatoms. The van der Waals surface area contributed by atoms with Gasteiger partial charge in [-0.15, -0.1) is 0 Å². The van der Waals surface area contributed by atoms with Crippen LogP contribution in [0.1, 0.15) is 48.5 Å². The second-order valence-electron chi connectivity index (χ2n) is 7.11. The topological polar surface area (TPSA) is 73.9 Å². The highest BCUT2D eigenvalue weighted by Crippen LogP contribution is 2.42. The fraction of sp³-hybridized carbons (Fsp3) is 0.391. The van der Waals surface area contributed by atoms with E-state index < -0.39 is 11.4 Å². The first-order valence-electron chi connectivity index (χ1n) is 9.85. The van der Waals surface area contributed by atoms with Gasteiger partial charge >= 0.3 is 5.97 Å². The zero-order chi connectivity index (χ0) is 20.9. The third-order valence-electron chi connectivity index (χ3n) is 5.49. The monoisotopic (exact) mass is 397 g/mol. The Kier molecular flexibility index (Phi) is 6.42. The van der Waals surface area contributed by atoms with Gasteiger partial charge in [0.1, 0.15) is 17.1 Å². The van der Waals surface area contributed by atoms with Gasteiger partial charge in [-0.05, 0) is 55.7 Å². The quantitative estimate of drug-likeness (QED) is 0.704. The number of esters is 1. The zero-order valence-corrected chi connectivity index (χ0v) is 17.1. The van der Waals surface area contributed by atoms with Crippen LogP contribution in [0.2, 0.25) is 0 Å². The van der Waals surface area contributed by atoms with Crippen LogP contribution in [0.5, 0.6) is 11.5 Å². The molecule has 6 nitrogen and oxygen atoms in total. The van der Waals surface area contributed by atoms with Crippen molar-refractivity contribution in [2.75, 3.05) is 26.1 Å². The third-order valence-corrected chi connectivity index (χ3v) is 5.49. The molecule has 0 heterocycles. The molecule has 1 amide bonds. The molecular weight excluding hydrogens is 370 g/mol. The zero-order valence-electron chi connectivity index (χ0n) is 17.1. The number of anilines is 1. The highest BCUT2D eigenvalue weighted by molar-refractivity contribution is 6.01. The third kappa shape index (κ3) is 4.21. The van der Waals surface area contributed by atoms with Gasteiger partial charge in [-0.3, -0.25) is 4.79 Å². The lowest BCUT2D eigenvalue weighted by molar-refractivity contribution is -0.121. The summed E-state index contributed by atoms with van der Waals surface area (Å²) in [5.74, 6) is 0.620. The Morgan fingerprint density at radius 3 is 2.28 bits per heavy atom. The number of ether oxygens (including phenoxy) is 3. The molecule has 0 radical (unpaired) electrons. The molecule has 0 unspecified atom stereocenters. The van der Waals surface area contributed by atoms with E-state index in [9.17, 15) is 9.59 Å². The van der Waals surface area contributed by atoms with Crippen molar-refractivity contribution in [3.05, 3.63) is 53.6 Å². The molecule has 0 atom stereocenters. The molecule has 0 bridgehead atoms. The van der Waals surface area contributed by atoms with E-state index in [1.54, 1.807) is 32.2 Å². The minimum absolute atomic E-state index is 0.0693. The number of benzene rings is 2. The Morgan fingerprint density at radius 1 is 1.00 bits per heavy atom. The van der Waals surface area contributed by atoms with Crippen LogP contribution < -0.4 is 14.8 Å². The number of carbonyl (C=O) groups excluding carboxylic acids is 2. The van der Waals surface area contributed by atoms with E-state index in [1.165, 1.54) is 7.11 Å². The normalized spacial score (nSPS) is 14.9. The van der Waals surface area contributed by atoms with Crippen LogP contribution in [0.15, 0.2) is 42.5 Å². The summed E-state index contributed by atoms with van der Waals surface area (Å²) in [5, 5.41) is 3.01. The number of hydrogen-bond donors (Lipinski definition) is 1. The summed E-state index contributed by atoms with van der Waals surface area (Å²) in [7, 11) is 3.12. The number of hydrogen-bond acceptors (Lipinski definition) is 5. The summed E-state index contributed by atoms with van der Waals surface area (Å²) in [6.45, 7) is 2.01. The van der Waals surface area contributed by atoms with Gasteiger partial charge < -0.3 is 19.5 Å². The summed E-state index contributed by atoms with van der Waals surface area (Å²) in [4.78, 5) is 25.6. The minimum atomic E-state index is -0.587. The van der Waals surface area contributed by atoms with Crippen LogP contribution in [-0.2, 0) is 14.9 Å². The largest absolute Gasteiger partial charge is 0.497 e. The molecule has 2 aromatic carbocycles.